The van der Waals surface area contributed by atoms with Gasteiger partial charge in [-0.25, -0.2) is 0 Å². The predicted octanol–water partition coefficient (Wildman–Crippen LogP) is 1.30. The molecule has 0 rings (SSSR count). The molecule has 0 saturated heterocycles. The van der Waals surface area contributed by atoms with E-state index in [2.05, 4.69) is 17.9 Å². The highest BCUT2D eigenvalue weighted by atomic mass is 16.8. The van der Waals surface area contributed by atoms with E-state index in [1.165, 1.54) is 0 Å². The first-order chi connectivity index (χ1) is 6.35. The van der Waals surface area contributed by atoms with Crippen molar-refractivity contribution in [2.75, 3.05) is 27.5 Å². The largest absolute Gasteiger partial charge is 0.359 e. The van der Waals surface area contributed by atoms with E-state index in [-0.39, 0.29) is 26.5 Å². The summed E-state index contributed by atoms with van der Waals surface area (Å²) in [6, 6.07) is 0. The minimum absolute atomic E-state index is 0.145. The van der Waals surface area contributed by atoms with Crippen LogP contribution >= 0.6 is 0 Å². The third-order valence-electron chi connectivity index (χ3n) is 1.18. The second-order valence-electron chi connectivity index (χ2n) is 2.15. The molecule has 0 aliphatic heterocycles. The summed E-state index contributed by atoms with van der Waals surface area (Å²) < 4.78 is 19.6. The van der Waals surface area contributed by atoms with E-state index >= 15 is 0 Å². The van der Waals surface area contributed by atoms with Crippen LogP contribution < -0.4 is 0 Å². The Bertz CT molecular complexity index is 128. The molecule has 0 radical (unpaired) electrons. The second kappa shape index (κ2) is 9.41. The van der Waals surface area contributed by atoms with E-state index in [1.807, 2.05) is 0 Å². The molecule has 4 heteroatoms. The van der Waals surface area contributed by atoms with Gasteiger partial charge in [0.05, 0.1) is 6.10 Å². The van der Waals surface area contributed by atoms with Crippen LogP contribution in [-0.4, -0.2) is 33.6 Å². The van der Waals surface area contributed by atoms with E-state index in [9.17, 15) is 0 Å². The Balaban J connectivity index is 3.14. The third-order valence-corrected chi connectivity index (χ3v) is 1.18. The van der Waals surface area contributed by atoms with Crippen LogP contribution in [0.25, 0.3) is 0 Å². The Morgan fingerprint density at radius 3 is 2.23 bits per heavy atom. The maximum absolute atomic E-state index is 5.14. The molecule has 0 aliphatic rings. The van der Waals surface area contributed by atoms with Gasteiger partial charge in [-0.05, 0) is 0 Å². The normalized spacial score (nSPS) is 10.3. The molecular formula is C9H16O4. The summed E-state index contributed by atoms with van der Waals surface area (Å²) in [5.41, 5.74) is 0. The molecule has 0 bridgehead atoms. The molecule has 0 N–H and O–H groups in total. The van der Waals surface area contributed by atoms with Gasteiger partial charge in [-0.1, -0.05) is 12.2 Å². The van der Waals surface area contributed by atoms with Crippen LogP contribution in [0.1, 0.15) is 0 Å². The van der Waals surface area contributed by atoms with Crippen molar-refractivity contribution in [3.8, 4) is 0 Å². The number of hydrogen-bond donors (Lipinski definition) is 0. The summed E-state index contributed by atoms with van der Waals surface area (Å²) in [6.07, 6.45) is 3.08. The van der Waals surface area contributed by atoms with Crippen molar-refractivity contribution in [3.63, 3.8) is 0 Å². The number of rotatable bonds is 9. The summed E-state index contributed by atoms with van der Waals surface area (Å²) in [5, 5.41) is 0. The first-order valence-corrected chi connectivity index (χ1v) is 3.86. The maximum atomic E-state index is 5.14. The molecular weight excluding hydrogens is 172 g/mol. The molecule has 0 atom stereocenters. The third kappa shape index (κ3) is 7.67. The molecule has 0 amide bonds. The Morgan fingerprint density at radius 2 is 1.69 bits per heavy atom. The highest BCUT2D eigenvalue weighted by Crippen LogP contribution is 1.94. The van der Waals surface area contributed by atoms with E-state index in [0.29, 0.717) is 0 Å². The number of ether oxygens (including phenoxy) is 4. The van der Waals surface area contributed by atoms with Crippen LogP contribution in [0, 0.1) is 0 Å². The summed E-state index contributed by atoms with van der Waals surface area (Å²) in [6.45, 7) is 7.62. The fourth-order valence-corrected chi connectivity index (χ4v) is 0.569. The fourth-order valence-electron chi connectivity index (χ4n) is 0.569. The summed E-state index contributed by atoms with van der Waals surface area (Å²) in [4.78, 5) is 0. The summed E-state index contributed by atoms with van der Waals surface area (Å²) in [7, 11) is 1.54. The van der Waals surface area contributed by atoms with Crippen molar-refractivity contribution >= 4 is 0 Å². The lowest BCUT2D eigenvalue weighted by atomic mass is 10.3. The first-order valence-electron chi connectivity index (χ1n) is 3.86. The van der Waals surface area contributed by atoms with Gasteiger partial charge in [0.15, 0.2) is 13.6 Å². The zero-order chi connectivity index (χ0) is 9.94. The molecule has 0 aromatic heterocycles. The topological polar surface area (TPSA) is 36.9 Å². The van der Waals surface area contributed by atoms with Gasteiger partial charge in [0.2, 0.25) is 0 Å². The van der Waals surface area contributed by atoms with Crippen molar-refractivity contribution in [1.82, 2.24) is 0 Å². The molecule has 0 unspecified atom stereocenters. The lowest BCUT2D eigenvalue weighted by Crippen LogP contribution is -2.11. The molecule has 4 nitrogen and oxygen atoms in total. The van der Waals surface area contributed by atoms with Crippen LogP contribution in [0.3, 0.4) is 0 Å². The average molecular weight is 188 g/mol. The van der Waals surface area contributed by atoms with Crippen LogP contribution in [0.5, 0.6) is 0 Å². The van der Waals surface area contributed by atoms with Gasteiger partial charge in [-0.2, -0.15) is 0 Å². The lowest BCUT2D eigenvalue weighted by molar-refractivity contribution is -0.167. The van der Waals surface area contributed by atoms with Gasteiger partial charge >= 0.3 is 0 Å². The Kier molecular flexibility index (Phi) is 8.92. The minimum atomic E-state index is -0.178. The zero-order valence-electron chi connectivity index (χ0n) is 7.90. The average Bonchev–Trinajstić information content (AvgIpc) is 2.17. The van der Waals surface area contributed by atoms with Gasteiger partial charge < -0.3 is 18.9 Å². The predicted molar refractivity (Wildman–Crippen MR) is 49.0 cm³/mol. The molecule has 13 heavy (non-hydrogen) atoms. The molecule has 0 aliphatic carbocycles. The van der Waals surface area contributed by atoms with Gasteiger partial charge in [0, 0.05) is 7.11 Å². The maximum Gasteiger partial charge on any atom is 0.152 e. The first kappa shape index (κ1) is 12.3. The van der Waals surface area contributed by atoms with E-state index < -0.39 is 0 Å². The molecule has 0 heterocycles. The van der Waals surface area contributed by atoms with Gasteiger partial charge in [0.1, 0.15) is 6.79 Å². The standard InChI is InChI=1S/C9H16O4/c1-4-9(5-2)13-8-12-7-11-6-10-3/h4-5,9H,1-2,6-8H2,3H3. The van der Waals surface area contributed by atoms with Crippen molar-refractivity contribution in [2.45, 2.75) is 6.10 Å². The number of methoxy groups -OCH3 is 1. The van der Waals surface area contributed by atoms with Gasteiger partial charge in [-0.3, -0.25) is 0 Å². The van der Waals surface area contributed by atoms with E-state index in [1.54, 1.807) is 19.3 Å². The van der Waals surface area contributed by atoms with Crippen LogP contribution in [0.4, 0.5) is 0 Å². The summed E-state index contributed by atoms with van der Waals surface area (Å²) >= 11 is 0. The molecule has 0 fully saturated rings. The Morgan fingerprint density at radius 1 is 1.08 bits per heavy atom. The molecule has 0 aromatic carbocycles. The zero-order valence-corrected chi connectivity index (χ0v) is 7.90. The van der Waals surface area contributed by atoms with Crippen molar-refractivity contribution in [3.05, 3.63) is 25.3 Å². The molecule has 0 saturated carbocycles. The van der Waals surface area contributed by atoms with E-state index in [4.69, 9.17) is 14.2 Å². The van der Waals surface area contributed by atoms with Crippen LogP contribution in [-0.2, 0) is 18.9 Å². The van der Waals surface area contributed by atoms with Gasteiger partial charge in [-0.15, -0.1) is 13.2 Å². The van der Waals surface area contributed by atoms with Crippen molar-refractivity contribution < 1.29 is 18.9 Å². The summed E-state index contributed by atoms with van der Waals surface area (Å²) in [5.74, 6) is 0. The monoisotopic (exact) mass is 188 g/mol. The lowest BCUT2D eigenvalue weighted by Gasteiger charge is -2.09. The smallest absolute Gasteiger partial charge is 0.152 e. The highest BCUT2D eigenvalue weighted by Gasteiger charge is 1.96. The molecule has 0 spiro atoms. The van der Waals surface area contributed by atoms with E-state index in [0.717, 1.165) is 0 Å². The fraction of sp³-hybridized carbons (Fsp3) is 0.556. The second-order valence-corrected chi connectivity index (χ2v) is 2.15. The molecule has 76 valence electrons. The SMILES string of the molecule is C=CC(C=C)OCOCOCOC. The quantitative estimate of drug-likeness (QED) is 0.310. The minimum Gasteiger partial charge on any atom is -0.359 e. The van der Waals surface area contributed by atoms with Crippen LogP contribution in [0.15, 0.2) is 25.3 Å². The Hall–Kier alpha value is -0.680. The number of hydrogen-bond acceptors (Lipinski definition) is 4. The van der Waals surface area contributed by atoms with Crippen molar-refractivity contribution in [1.29, 1.82) is 0 Å². The van der Waals surface area contributed by atoms with Crippen LogP contribution in [0.2, 0.25) is 0 Å². The van der Waals surface area contributed by atoms with Gasteiger partial charge in [0.25, 0.3) is 0 Å². The van der Waals surface area contributed by atoms with Crippen molar-refractivity contribution in [2.24, 2.45) is 0 Å². The molecule has 0 aromatic rings. The Labute approximate surface area is 78.7 Å². The highest BCUT2D eigenvalue weighted by molar-refractivity contribution is 4.93.